The fraction of sp³-hybridized carbons (Fsp3) is 0.462. The van der Waals surface area contributed by atoms with E-state index >= 15 is 0 Å². The fourth-order valence-corrected chi connectivity index (χ4v) is 6.60. The molecule has 6 rings (SSSR count). The summed E-state index contributed by atoms with van der Waals surface area (Å²) < 4.78 is 5.52. The average molecular weight is 462 g/mol. The molecule has 0 spiro atoms. The quantitative estimate of drug-likeness (QED) is 0.432. The van der Waals surface area contributed by atoms with E-state index in [1.165, 1.54) is 45.1 Å². The van der Waals surface area contributed by atoms with Gasteiger partial charge in [0.15, 0.2) is 0 Å². The second-order valence-corrected chi connectivity index (χ2v) is 10.5. The maximum Gasteiger partial charge on any atom is 0.146 e. The number of hydrogen-bond acceptors (Lipinski definition) is 6. The molecule has 2 N–H and O–H groups in total. The van der Waals surface area contributed by atoms with Crippen molar-refractivity contribution in [2.45, 2.75) is 39.2 Å². The zero-order valence-electron chi connectivity index (χ0n) is 19.2. The number of benzene rings is 1. The predicted octanol–water partition coefficient (Wildman–Crippen LogP) is 4.78. The number of morpholine rings is 1. The molecule has 1 aliphatic heterocycles. The number of thiophene rings is 1. The Hall–Kier alpha value is -2.48. The van der Waals surface area contributed by atoms with Crippen molar-refractivity contribution < 1.29 is 4.74 Å². The summed E-state index contributed by atoms with van der Waals surface area (Å²) in [6.07, 6.45) is 6.66. The summed E-state index contributed by atoms with van der Waals surface area (Å²) in [6, 6.07) is 8.52. The van der Waals surface area contributed by atoms with E-state index in [1.807, 2.05) is 11.3 Å². The van der Waals surface area contributed by atoms with Gasteiger partial charge in [-0.3, -0.25) is 4.90 Å². The first-order chi connectivity index (χ1) is 16.2. The number of aromatic nitrogens is 3. The number of para-hydroxylation sites is 1. The molecule has 6 nitrogen and oxygen atoms in total. The van der Waals surface area contributed by atoms with Crippen molar-refractivity contribution >= 4 is 38.3 Å². The van der Waals surface area contributed by atoms with Crippen LogP contribution in [0.4, 0.5) is 5.82 Å². The first-order valence-corrected chi connectivity index (χ1v) is 13.0. The number of nitrogens with one attached hydrogen (secondary N) is 2. The summed E-state index contributed by atoms with van der Waals surface area (Å²) in [6.45, 7) is 7.49. The van der Waals surface area contributed by atoms with E-state index in [0.717, 1.165) is 74.6 Å². The lowest BCUT2D eigenvalue weighted by atomic mass is 9.89. The van der Waals surface area contributed by atoms with E-state index in [1.54, 1.807) is 0 Å². The second kappa shape index (κ2) is 9.05. The Morgan fingerprint density at radius 3 is 3.00 bits per heavy atom. The van der Waals surface area contributed by atoms with Crippen molar-refractivity contribution in [1.29, 1.82) is 0 Å². The van der Waals surface area contributed by atoms with Gasteiger partial charge in [0.2, 0.25) is 0 Å². The Bertz CT molecular complexity index is 1270. The zero-order valence-corrected chi connectivity index (χ0v) is 20.0. The third-order valence-electron chi connectivity index (χ3n) is 7.03. The van der Waals surface area contributed by atoms with Gasteiger partial charge in [-0.25, -0.2) is 9.97 Å². The number of nitrogens with zero attached hydrogens (tertiary/aromatic N) is 3. The van der Waals surface area contributed by atoms with Crippen molar-refractivity contribution in [3.63, 3.8) is 0 Å². The molecule has 2 aliphatic rings. The number of hydrogen-bond donors (Lipinski definition) is 2. The zero-order chi connectivity index (χ0) is 22.2. The molecule has 172 valence electrons. The van der Waals surface area contributed by atoms with Crippen LogP contribution in [0.25, 0.3) is 21.1 Å². The molecule has 0 bridgehead atoms. The van der Waals surface area contributed by atoms with Crippen molar-refractivity contribution in [3.8, 4) is 0 Å². The van der Waals surface area contributed by atoms with Crippen LogP contribution in [-0.2, 0) is 30.5 Å². The second-order valence-electron chi connectivity index (χ2n) is 9.45. The van der Waals surface area contributed by atoms with Gasteiger partial charge >= 0.3 is 0 Å². The van der Waals surface area contributed by atoms with Crippen LogP contribution in [0.5, 0.6) is 0 Å². The van der Waals surface area contributed by atoms with Crippen LogP contribution < -0.4 is 5.32 Å². The molecule has 0 saturated carbocycles. The minimum Gasteiger partial charge on any atom is -0.379 e. The minimum atomic E-state index is 0.754. The van der Waals surface area contributed by atoms with Gasteiger partial charge in [-0.05, 0) is 48.8 Å². The van der Waals surface area contributed by atoms with Crippen molar-refractivity contribution in [2.75, 3.05) is 38.2 Å². The lowest BCUT2D eigenvalue weighted by molar-refractivity contribution is 0.0331. The van der Waals surface area contributed by atoms with E-state index in [-0.39, 0.29) is 0 Å². The summed E-state index contributed by atoms with van der Waals surface area (Å²) in [5.74, 6) is 2.70. The first kappa shape index (κ1) is 21.1. The number of H-pyrrole nitrogens is 1. The van der Waals surface area contributed by atoms with E-state index in [9.17, 15) is 0 Å². The van der Waals surface area contributed by atoms with Crippen LogP contribution in [0.2, 0.25) is 0 Å². The molecular weight excluding hydrogens is 430 g/mol. The Labute approximate surface area is 198 Å². The van der Waals surface area contributed by atoms with Gasteiger partial charge in [0.1, 0.15) is 16.5 Å². The lowest BCUT2D eigenvalue weighted by Crippen LogP contribution is -2.36. The van der Waals surface area contributed by atoms with Crippen LogP contribution >= 0.6 is 11.3 Å². The molecule has 1 aromatic carbocycles. The van der Waals surface area contributed by atoms with E-state index in [2.05, 4.69) is 52.6 Å². The molecule has 1 aliphatic carbocycles. The van der Waals surface area contributed by atoms with E-state index < -0.39 is 0 Å². The molecule has 3 aromatic heterocycles. The van der Waals surface area contributed by atoms with Gasteiger partial charge in [-0.1, -0.05) is 25.1 Å². The number of aromatic amines is 1. The molecule has 33 heavy (non-hydrogen) atoms. The standard InChI is InChI=1S/C26H31N5OS/c1-17-6-7-20-22(14-17)33-26-24(20)25(29-23(30-26)16-31-10-12-32-13-11-31)27-9-8-18-15-28-21-5-3-2-4-19(18)21/h2-5,15,17,28H,6-14,16H2,1H3,(H,27,29,30)/t17-/m0/s1. The third kappa shape index (κ3) is 4.25. The number of aryl methyl sites for hydroxylation is 1. The number of anilines is 1. The maximum atomic E-state index is 5.52. The first-order valence-electron chi connectivity index (χ1n) is 12.1. The van der Waals surface area contributed by atoms with Gasteiger partial charge < -0.3 is 15.0 Å². The summed E-state index contributed by atoms with van der Waals surface area (Å²) in [5.41, 5.74) is 4.03. The van der Waals surface area contributed by atoms with Crippen molar-refractivity contribution in [3.05, 3.63) is 52.3 Å². The molecular formula is C26H31N5OS. The normalized spacial score (nSPS) is 19.2. The molecule has 1 fully saturated rings. The molecule has 0 radical (unpaired) electrons. The molecule has 4 aromatic rings. The molecule has 1 saturated heterocycles. The average Bonchev–Trinajstić information content (AvgIpc) is 3.40. The fourth-order valence-electron chi connectivity index (χ4n) is 5.20. The number of ether oxygens (including phenoxy) is 1. The highest BCUT2D eigenvalue weighted by Gasteiger charge is 2.24. The smallest absolute Gasteiger partial charge is 0.146 e. The summed E-state index contributed by atoms with van der Waals surface area (Å²) in [5, 5.41) is 6.29. The van der Waals surface area contributed by atoms with Crippen LogP contribution in [0.15, 0.2) is 30.5 Å². The lowest BCUT2D eigenvalue weighted by Gasteiger charge is -2.26. The van der Waals surface area contributed by atoms with E-state index in [0.29, 0.717) is 0 Å². The highest BCUT2D eigenvalue weighted by molar-refractivity contribution is 7.19. The molecule has 0 unspecified atom stereocenters. The monoisotopic (exact) mass is 461 g/mol. The minimum absolute atomic E-state index is 0.754. The van der Waals surface area contributed by atoms with Crippen molar-refractivity contribution in [1.82, 2.24) is 19.9 Å². The molecule has 1 atom stereocenters. The largest absolute Gasteiger partial charge is 0.379 e. The molecule has 7 heteroatoms. The SMILES string of the molecule is C[C@H]1CCc2c(sc3nc(CN4CCOCC4)nc(NCCc4c[nH]c5ccccc45)c23)C1. The van der Waals surface area contributed by atoms with Gasteiger partial charge in [-0.2, -0.15) is 0 Å². The van der Waals surface area contributed by atoms with Gasteiger partial charge in [0.05, 0.1) is 25.1 Å². The molecule has 0 amide bonds. The van der Waals surface area contributed by atoms with E-state index in [4.69, 9.17) is 14.7 Å². The van der Waals surface area contributed by atoms with Gasteiger partial charge in [-0.15, -0.1) is 11.3 Å². The Balaban J connectivity index is 1.29. The summed E-state index contributed by atoms with van der Waals surface area (Å²) >= 11 is 1.89. The Kier molecular flexibility index (Phi) is 5.78. The highest BCUT2D eigenvalue weighted by Crippen LogP contribution is 2.40. The third-order valence-corrected chi connectivity index (χ3v) is 8.18. The summed E-state index contributed by atoms with van der Waals surface area (Å²) in [4.78, 5) is 18.6. The topological polar surface area (TPSA) is 66.1 Å². The Morgan fingerprint density at radius 2 is 2.09 bits per heavy atom. The predicted molar refractivity (Wildman–Crippen MR) is 135 cm³/mol. The Morgan fingerprint density at radius 1 is 1.21 bits per heavy atom. The van der Waals surface area contributed by atoms with Gasteiger partial charge in [0.25, 0.3) is 0 Å². The van der Waals surface area contributed by atoms with Crippen LogP contribution in [0.1, 0.15) is 35.2 Å². The maximum absolute atomic E-state index is 5.52. The van der Waals surface area contributed by atoms with Crippen molar-refractivity contribution in [2.24, 2.45) is 5.92 Å². The van der Waals surface area contributed by atoms with Gasteiger partial charge in [0, 0.05) is 41.6 Å². The van der Waals surface area contributed by atoms with Crippen LogP contribution in [-0.4, -0.2) is 52.7 Å². The number of fused-ring (bicyclic) bond motifs is 4. The highest BCUT2D eigenvalue weighted by atomic mass is 32.1. The van der Waals surface area contributed by atoms with Crippen LogP contribution in [0.3, 0.4) is 0 Å². The van der Waals surface area contributed by atoms with Crippen LogP contribution in [0, 0.1) is 5.92 Å². The molecule has 4 heterocycles. The number of rotatable bonds is 6. The summed E-state index contributed by atoms with van der Waals surface area (Å²) in [7, 11) is 0.